The van der Waals surface area contributed by atoms with Crippen LogP contribution in [0.2, 0.25) is 0 Å². The van der Waals surface area contributed by atoms with Crippen molar-refractivity contribution in [3.63, 3.8) is 0 Å². The highest BCUT2D eigenvalue weighted by molar-refractivity contribution is 4.58. The van der Waals surface area contributed by atoms with Gasteiger partial charge in [0.15, 0.2) is 0 Å². The van der Waals surface area contributed by atoms with Crippen molar-refractivity contribution in [2.24, 2.45) is 11.7 Å². The first-order valence-electron chi connectivity index (χ1n) is 3.02. The zero-order chi connectivity index (χ0) is 6.57. The second-order valence-electron chi connectivity index (χ2n) is 2.23. The van der Waals surface area contributed by atoms with Crippen molar-refractivity contribution >= 4 is 0 Å². The Kier molecular flexibility index (Phi) is 3.79. The van der Waals surface area contributed by atoms with Crippen molar-refractivity contribution in [2.45, 2.75) is 26.4 Å². The Hall–Kier alpha value is -0.110. The molecule has 2 unspecified atom stereocenters. The smallest absolute Gasteiger partial charge is 0.0999 e. The lowest BCUT2D eigenvalue weighted by Gasteiger charge is -2.09. The van der Waals surface area contributed by atoms with Gasteiger partial charge in [-0.15, -0.1) is 0 Å². The maximum absolute atomic E-state index is 12.2. The fourth-order valence-electron chi connectivity index (χ4n) is 0.493. The van der Waals surface area contributed by atoms with Gasteiger partial charge in [0.25, 0.3) is 0 Å². The molecule has 1 nitrogen and oxygen atoms in total. The summed E-state index contributed by atoms with van der Waals surface area (Å²) in [6.45, 7) is 4.04. The molecule has 0 spiro atoms. The van der Waals surface area contributed by atoms with Crippen molar-refractivity contribution in [2.75, 3.05) is 6.54 Å². The summed E-state index contributed by atoms with van der Waals surface area (Å²) in [4.78, 5) is 0. The van der Waals surface area contributed by atoms with Crippen molar-refractivity contribution in [1.29, 1.82) is 0 Å². The van der Waals surface area contributed by atoms with E-state index in [1.54, 1.807) is 6.92 Å². The molecule has 0 aromatic carbocycles. The lowest BCUT2D eigenvalue weighted by molar-refractivity contribution is 0.255. The molecule has 0 aliphatic heterocycles. The Labute approximate surface area is 50.1 Å². The maximum Gasteiger partial charge on any atom is 0.0999 e. The third-order valence-electron chi connectivity index (χ3n) is 1.41. The molecule has 0 amide bonds. The molecule has 8 heavy (non-hydrogen) atoms. The lowest BCUT2D eigenvalue weighted by atomic mass is 10.0. The van der Waals surface area contributed by atoms with E-state index in [0.717, 1.165) is 6.42 Å². The number of hydrogen-bond acceptors (Lipinski definition) is 1. The average Bonchev–Trinajstić information content (AvgIpc) is 1.67. The quantitative estimate of drug-likeness (QED) is 0.596. The van der Waals surface area contributed by atoms with E-state index in [2.05, 4.69) is 0 Å². The van der Waals surface area contributed by atoms with Gasteiger partial charge in [0.1, 0.15) is 0 Å². The largest absolute Gasteiger partial charge is 0.330 e. The topological polar surface area (TPSA) is 26.0 Å². The van der Waals surface area contributed by atoms with Crippen LogP contribution >= 0.6 is 0 Å². The number of halogens is 1. The maximum atomic E-state index is 12.2. The van der Waals surface area contributed by atoms with E-state index < -0.39 is 6.17 Å². The van der Waals surface area contributed by atoms with Crippen molar-refractivity contribution in [3.05, 3.63) is 0 Å². The Morgan fingerprint density at radius 2 is 2.00 bits per heavy atom. The lowest BCUT2D eigenvalue weighted by Crippen LogP contribution is -2.13. The van der Waals surface area contributed by atoms with Gasteiger partial charge in [-0.3, -0.25) is 0 Å². The van der Waals surface area contributed by atoms with Crippen LogP contribution in [-0.2, 0) is 0 Å². The molecule has 0 rings (SSSR count). The first kappa shape index (κ1) is 7.89. The number of alkyl halides is 1. The van der Waals surface area contributed by atoms with Crippen LogP contribution in [0.1, 0.15) is 20.3 Å². The van der Waals surface area contributed by atoms with E-state index in [-0.39, 0.29) is 5.92 Å². The predicted octanol–water partition coefficient (Wildman–Crippen LogP) is 1.33. The molecular formula is C6H14FN. The fourth-order valence-corrected chi connectivity index (χ4v) is 0.493. The molecular weight excluding hydrogens is 105 g/mol. The average molecular weight is 119 g/mol. The number of nitrogens with two attached hydrogens (primary N) is 1. The summed E-state index contributed by atoms with van der Waals surface area (Å²) < 4.78 is 12.2. The Morgan fingerprint density at radius 3 is 2.12 bits per heavy atom. The summed E-state index contributed by atoms with van der Waals surface area (Å²) in [5, 5.41) is 0. The van der Waals surface area contributed by atoms with Gasteiger partial charge in [-0.1, -0.05) is 6.92 Å². The molecule has 50 valence electrons. The molecule has 0 aromatic heterocycles. The normalized spacial score (nSPS) is 18.0. The summed E-state index contributed by atoms with van der Waals surface area (Å²) in [7, 11) is 0. The van der Waals surface area contributed by atoms with Crippen molar-refractivity contribution < 1.29 is 4.39 Å². The molecule has 2 N–H and O–H groups in total. The van der Waals surface area contributed by atoms with Gasteiger partial charge < -0.3 is 5.73 Å². The highest BCUT2D eigenvalue weighted by Crippen LogP contribution is 2.08. The fraction of sp³-hybridized carbons (Fsp3) is 1.00. The molecule has 0 aromatic rings. The molecule has 0 saturated carbocycles. The second-order valence-corrected chi connectivity index (χ2v) is 2.23. The van der Waals surface area contributed by atoms with Crippen LogP contribution in [0.4, 0.5) is 4.39 Å². The second kappa shape index (κ2) is 3.84. The summed E-state index contributed by atoms with van der Waals surface area (Å²) >= 11 is 0. The standard InChI is InChI=1S/C6H14FN/c1-5(3-4-8)6(2)7/h5-6H,3-4,8H2,1-2H3. The minimum absolute atomic E-state index is 0.125. The van der Waals surface area contributed by atoms with E-state index in [9.17, 15) is 4.39 Å². The molecule has 0 aliphatic carbocycles. The van der Waals surface area contributed by atoms with Crippen molar-refractivity contribution in [3.8, 4) is 0 Å². The van der Waals surface area contributed by atoms with E-state index >= 15 is 0 Å². The first-order valence-corrected chi connectivity index (χ1v) is 3.02. The van der Waals surface area contributed by atoms with Crippen LogP contribution in [0.3, 0.4) is 0 Å². The minimum atomic E-state index is -0.710. The zero-order valence-electron chi connectivity index (χ0n) is 5.52. The summed E-state index contributed by atoms with van der Waals surface area (Å²) in [5.41, 5.74) is 5.20. The minimum Gasteiger partial charge on any atom is -0.330 e. The van der Waals surface area contributed by atoms with Gasteiger partial charge in [-0.05, 0) is 25.8 Å². The van der Waals surface area contributed by atoms with Gasteiger partial charge in [-0.25, -0.2) is 4.39 Å². The predicted molar refractivity (Wildman–Crippen MR) is 33.4 cm³/mol. The van der Waals surface area contributed by atoms with Gasteiger partial charge in [-0.2, -0.15) is 0 Å². The molecule has 0 fully saturated rings. The zero-order valence-corrected chi connectivity index (χ0v) is 5.52. The summed E-state index contributed by atoms with van der Waals surface area (Å²) in [6, 6.07) is 0. The van der Waals surface area contributed by atoms with Crippen LogP contribution in [0.15, 0.2) is 0 Å². The molecule has 2 atom stereocenters. The molecule has 0 bridgehead atoms. The third-order valence-corrected chi connectivity index (χ3v) is 1.41. The monoisotopic (exact) mass is 119 g/mol. The molecule has 2 heteroatoms. The molecule has 0 saturated heterocycles. The Morgan fingerprint density at radius 1 is 1.50 bits per heavy atom. The van der Waals surface area contributed by atoms with Crippen molar-refractivity contribution in [1.82, 2.24) is 0 Å². The van der Waals surface area contributed by atoms with Gasteiger partial charge >= 0.3 is 0 Å². The molecule has 0 radical (unpaired) electrons. The van der Waals surface area contributed by atoms with E-state index in [1.807, 2.05) is 6.92 Å². The van der Waals surface area contributed by atoms with Crippen LogP contribution in [0.25, 0.3) is 0 Å². The van der Waals surface area contributed by atoms with Gasteiger partial charge in [0.2, 0.25) is 0 Å². The van der Waals surface area contributed by atoms with E-state index in [0.29, 0.717) is 6.54 Å². The Balaban J connectivity index is 3.17. The van der Waals surface area contributed by atoms with E-state index in [4.69, 9.17) is 5.73 Å². The van der Waals surface area contributed by atoms with Crippen LogP contribution < -0.4 is 5.73 Å². The SMILES string of the molecule is CC(F)C(C)CCN. The Bertz CT molecular complexity index is 54.5. The highest BCUT2D eigenvalue weighted by Gasteiger charge is 2.07. The number of rotatable bonds is 3. The van der Waals surface area contributed by atoms with Crippen LogP contribution in [0.5, 0.6) is 0 Å². The van der Waals surface area contributed by atoms with Gasteiger partial charge in [0.05, 0.1) is 6.17 Å². The summed E-state index contributed by atoms with van der Waals surface area (Å²) in [5.74, 6) is 0.125. The highest BCUT2D eigenvalue weighted by atomic mass is 19.1. The van der Waals surface area contributed by atoms with Crippen LogP contribution in [0, 0.1) is 5.92 Å². The van der Waals surface area contributed by atoms with E-state index in [1.165, 1.54) is 0 Å². The first-order chi connectivity index (χ1) is 3.68. The van der Waals surface area contributed by atoms with Gasteiger partial charge in [0, 0.05) is 0 Å². The number of hydrogen-bond donors (Lipinski definition) is 1. The third kappa shape index (κ3) is 2.97. The summed E-state index contributed by atoms with van der Waals surface area (Å²) in [6.07, 6.45) is 0.0797. The molecule has 0 aliphatic rings. The van der Waals surface area contributed by atoms with Crippen LogP contribution in [-0.4, -0.2) is 12.7 Å². The molecule has 0 heterocycles.